The van der Waals surface area contributed by atoms with Crippen molar-refractivity contribution >= 4 is 6.08 Å². The van der Waals surface area contributed by atoms with E-state index in [1.165, 1.54) is 5.56 Å². The van der Waals surface area contributed by atoms with E-state index in [4.69, 9.17) is 0 Å². The molecule has 88 valence electrons. The molecule has 0 bridgehead atoms. The summed E-state index contributed by atoms with van der Waals surface area (Å²) in [6.07, 6.45) is 5.04. The first-order chi connectivity index (χ1) is 7.29. The van der Waals surface area contributed by atoms with Gasteiger partial charge in [-0.2, -0.15) is 0 Å². The Morgan fingerprint density at radius 3 is 2.12 bits per heavy atom. The lowest BCUT2D eigenvalue weighted by atomic mass is 9.81. The first kappa shape index (κ1) is 13.0. The van der Waals surface area contributed by atoms with Crippen molar-refractivity contribution < 1.29 is 5.11 Å². The summed E-state index contributed by atoms with van der Waals surface area (Å²) in [7, 11) is 0. The summed E-state index contributed by atoms with van der Waals surface area (Å²) in [5.41, 5.74) is 0.588. The molecule has 0 heterocycles. The maximum absolute atomic E-state index is 9.82. The molecule has 0 aromatic heterocycles. The average Bonchev–Trinajstić information content (AvgIpc) is 2.13. The van der Waals surface area contributed by atoms with Crippen LogP contribution in [0.4, 0.5) is 0 Å². The highest BCUT2D eigenvalue weighted by Gasteiger charge is 2.24. The Hall–Kier alpha value is -1.08. The minimum atomic E-state index is -0.621. The fraction of sp³-hybridized carbons (Fsp3) is 0.467. The molecule has 0 fully saturated rings. The summed E-state index contributed by atoms with van der Waals surface area (Å²) in [5, 5.41) is 9.82. The van der Waals surface area contributed by atoms with Gasteiger partial charge >= 0.3 is 0 Å². The summed E-state index contributed by atoms with van der Waals surface area (Å²) >= 11 is 0. The Balaban J connectivity index is 2.69. The fourth-order valence-corrected chi connectivity index (χ4v) is 2.06. The van der Waals surface area contributed by atoms with Crippen LogP contribution < -0.4 is 0 Å². The number of aliphatic hydroxyl groups is 1. The highest BCUT2D eigenvalue weighted by atomic mass is 16.3. The molecule has 0 aliphatic carbocycles. The van der Waals surface area contributed by atoms with Crippen LogP contribution in [0.5, 0.6) is 0 Å². The van der Waals surface area contributed by atoms with Crippen molar-refractivity contribution in [2.75, 3.05) is 0 Å². The average molecular weight is 218 g/mol. The fourth-order valence-electron chi connectivity index (χ4n) is 2.06. The molecule has 1 aromatic carbocycles. The predicted octanol–water partition coefficient (Wildman–Crippen LogP) is 3.89. The largest absolute Gasteiger partial charge is 0.390 e. The second-order valence-electron chi connectivity index (χ2n) is 5.72. The molecule has 0 aliphatic rings. The zero-order chi connectivity index (χ0) is 12.2. The topological polar surface area (TPSA) is 20.2 Å². The minimum Gasteiger partial charge on any atom is -0.390 e. The van der Waals surface area contributed by atoms with Crippen LogP contribution in [-0.2, 0) is 0 Å². The van der Waals surface area contributed by atoms with E-state index in [0.29, 0.717) is 0 Å². The van der Waals surface area contributed by atoms with E-state index in [1.54, 1.807) is 0 Å². The summed E-state index contributed by atoms with van der Waals surface area (Å²) < 4.78 is 0. The van der Waals surface area contributed by atoms with Gasteiger partial charge in [-0.15, -0.1) is 0 Å². The molecule has 0 amide bonds. The van der Waals surface area contributed by atoms with E-state index in [-0.39, 0.29) is 5.41 Å². The number of hydrogen-bond acceptors (Lipinski definition) is 1. The second kappa shape index (κ2) is 4.84. The Morgan fingerprint density at radius 2 is 1.62 bits per heavy atom. The molecule has 0 radical (unpaired) electrons. The molecular formula is C15H22O. The Labute approximate surface area is 98.8 Å². The molecule has 1 rings (SSSR count). The molecule has 0 saturated carbocycles. The molecule has 1 N–H and O–H groups in total. The highest BCUT2D eigenvalue weighted by Crippen LogP contribution is 2.29. The summed E-state index contributed by atoms with van der Waals surface area (Å²) in [4.78, 5) is 0. The Morgan fingerprint density at radius 1 is 1.06 bits per heavy atom. The van der Waals surface area contributed by atoms with Crippen molar-refractivity contribution in [3.05, 3.63) is 42.0 Å². The van der Waals surface area contributed by atoms with Gasteiger partial charge in [0.2, 0.25) is 0 Å². The normalized spacial score (nSPS) is 13.3. The number of benzene rings is 1. The number of hydrogen-bond donors (Lipinski definition) is 1. The lowest BCUT2D eigenvalue weighted by Gasteiger charge is -2.28. The van der Waals surface area contributed by atoms with Crippen molar-refractivity contribution in [1.82, 2.24) is 0 Å². The lowest BCUT2D eigenvalue weighted by Crippen LogP contribution is -2.26. The van der Waals surface area contributed by atoms with Crippen molar-refractivity contribution in [1.29, 1.82) is 0 Å². The van der Waals surface area contributed by atoms with Gasteiger partial charge in [0.25, 0.3) is 0 Å². The maximum Gasteiger partial charge on any atom is 0.0599 e. The van der Waals surface area contributed by atoms with Gasteiger partial charge in [0.05, 0.1) is 5.60 Å². The van der Waals surface area contributed by atoms with Crippen molar-refractivity contribution in [2.45, 2.75) is 39.7 Å². The van der Waals surface area contributed by atoms with E-state index in [2.05, 4.69) is 38.1 Å². The van der Waals surface area contributed by atoms with Gasteiger partial charge in [-0.25, -0.2) is 0 Å². The van der Waals surface area contributed by atoms with Gasteiger partial charge < -0.3 is 5.11 Å². The van der Waals surface area contributed by atoms with Crippen LogP contribution in [0.1, 0.15) is 39.7 Å². The van der Waals surface area contributed by atoms with Gasteiger partial charge in [0, 0.05) is 0 Å². The zero-order valence-corrected chi connectivity index (χ0v) is 10.7. The monoisotopic (exact) mass is 218 g/mol. The summed E-state index contributed by atoms with van der Waals surface area (Å²) in [6.45, 7) is 7.99. The maximum atomic E-state index is 9.82. The third-order valence-electron chi connectivity index (χ3n) is 2.41. The van der Waals surface area contributed by atoms with Crippen LogP contribution in [0.15, 0.2) is 36.4 Å². The van der Waals surface area contributed by atoms with Crippen LogP contribution in [-0.4, -0.2) is 10.7 Å². The van der Waals surface area contributed by atoms with Crippen LogP contribution in [0.25, 0.3) is 6.08 Å². The van der Waals surface area contributed by atoms with Crippen LogP contribution in [0, 0.1) is 5.41 Å². The lowest BCUT2D eigenvalue weighted by molar-refractivity contribution is 0.0441. The zero-order valence-electron chi connectivity index (χ0n) is 10.7. The van der Waals surface area contributed by atoms with Crippen molar-refractivity contribution in [3.63, 3.8) is 0 Å². The standard InChI is InChI=1S/C15H22O/c1-14(2,12-15(3,4)16)11-10-13-8-6-5-7-9-13/h5-11,16H,12H2,1-4H3/b11-10+. The van der Waals surface area contributed by atoms with Crippen molar-refractivity contribution in [2.24, 2.45) is 5.41 Å². The smallest absolute Gasteiger partial charge is 0.0599 e. The minimum absolute atomic E-state index is 0.00803. The third-order valence-corrected chi connectivity index (χ3v) is 2.41. The molecule has 0 saturated heterocycles. The van der Waals surface area contributed by atoms with Gasteiger partial charge in [0.1, 0.15) is 0 Å². The van der Waals surface area contributed by atoms with Gasteiger partial charge in [0.15, 0.2) is 0 Å². The predicted molar refractivity (Wildman–Crippen MR) is 70.2 cm³/mol. The summed E-state index contributed by atoms with van der Waals surface area (Å²) in [6, 6.07) is 10.2. The van der Waals surface area contributed by atoms with E-state index in [0.717, 1.165) is 6.42 Å². The molecule has 1 aromatic rings. The van der Waals surface area contributed by atoms with Crippen LogP contribution >= 0.6 is 0 Å². The van der Waals surface area contributed by atoms with Crippen LogP contribution in [0.2, 0.25) is 0 Å². The van der Waals surface area contributed by atoms with E-state index in [9.17, 15) is 5.11 Å². The Kier molecular flexibility index (Phi) is 3.93. The van der Waals surface area contributed by atoms with E-state index in [1.807, 2.05) is 32.0 Å². The van der Waals surface area contributed by atoms with Crippen molar-refractivity contribution in [3.8, 4) is 0 Å². The SMILES string of the molecule is CC(C)(O)CC(C)(C)/C=C/c1ccccc1. The highest BCUT2D eigenvalue weighted by molar-refractivity contribution is 5.49. The molecular weight excluding hydrogens is 196 g/mol. The second-order valence-corrected chi connectivity index (χ2v) is 5.72. The quantitative estimate of drug-likeness (QED) is 0.813. The molecule has 0 spiro atoms. The van der Waals surface area contributed by atoms with E-state index < -0.39 is 5.60 Å². The molecule has 1 heteroatoms. The molecule has 1 nitrogen and oxygen atoms in total. The molecule has 0 unspecified atom stereocenters. The molecule has 16 heavy (non-hydrogen) atoms. The van der Waals surface area contributed by atoms with Crippen LogP contribution in [0.3, 0.4) is 0 Å². The first-order valence-corrected chi connectivity index (χ1v) is 5.75. The molecule has 0 aliphatic heterocycles. The van der Waals surface area contributed by atoms with E-state index >= 15 is 0 Å². The first-order valence-electron chi connectivity index (χ1n) is 5.75. The third kappa shape index (κ3) is 5.13. The van der Waals surface area contributed by atoms with Gasteiger partial charge in [-0.3, -0.25) is 0 Å². The molecule has 0 atom stereocenters. The van der Waals surface area contributed by atoms with Gasteiger partial charge in [-0.1, -0.05) is 56.3 Å². The van der Waals surface area contributed by atoms with Gasteiger partial charge in [-0.05, 0) is 31.2 Å². The number of allylic oxidation sites excluding steroid dienone is 1. The number of rotatable bonds is 4. The summed E-state index contributed by atoms with van der Waals surface area (Å²) in [5.74, 6) is 0. The Bertz CT molecular complexity index is 341.